The van der Waals surface area contributed by atoms with Gasteiger partial charge in [0.05, 0.1) is 6.54 Å². The predicted octanol–water partition coefficient (Wildman–Crippen LogP) is -0.405. The van der Waals surface area contributed by atoms with Gasteiger partial charge in [-0.05, 0) is 5.92 Å². The molecule has 0 aromatic carbocycles. The van der Waals surface area contributed by atoms with Crippen LogP contribution in [0.5, 0.6) is 0 Å². The number of piperazine rings is 1. The lowest BCUT2D eigenvalue weighted by atomic mass is 9.99. The second kappa shape index (κ2) is 5.16. The van der Waals surface area contributed by atoms with E-state index in [0.717, 1.165) is 0 Å². The molecule has 1 saturated heterocycles. The Labute approximate surface area is 105 Å². The Bertz CT molecular complexity index is 430. The molecule has 2 heterocycles. The van der Waals surface area contributed by atoms with Crippen LogP contribution in [-0.4, -0.2) is 46.0 Å². The zero-order valence-corrected chi connectivity index (χ0v) is 10.4. The molecule has 1 fully saturated rings. The lowest BCUT2D eigenvalue weighted by Gasteiger charge is -2.36. The Hall–Kier alpha value is -1.92. The maximum atomic E-state index is 11.9. The number of aromatic nitrogens is 2. The number of carbonyl (C=O) groups excluding carboxylic acids is 2. The molecule has 1 aromatic rings. The molecule has 18 heavy (non-hydrogen) atoms. The number of amides is 2. The van der Waals surface area contributed by atoms with Gasteiger partial charge in [0.15, 0.2) is 6.33 Å². The minimum atomic E-state index is -0.422. The molecular weight excluding hydrogens is 236 g/mol. The molecule has 7 nitrogen and oxygen atoms in total. The first-order chi connectivity index (χ1) is 8.59. The summed E-state index contributed by atoms with van der Waals surface area (Å²) >= 11 is 0. The highest BCUT2D eigenvalue weighted by molar-refractivity contribution is 5.94. The monoisotopic (exact) mass is 252 g/mol. The minimum absolute atomic E-state index is 0.0614. The Balaban J connectivity index is 2.06. The average Bonchev–Trinajstić information content (AvgIpc) is 2.82. The van der Waals surface area contributed by atoms with Gasteiger partial charge in [0.2, 0.25) is 17.7 Å². The normalized spacial score (nSPS) is 20.4. The van der Waals surface area contributed by atoms with Crippen LogP contribution in [0.3, 0.4) is 0 Å². The van der Waals surface area contributed by atoms with Gasteiger partial charge in [0.1, 0.15) is 6.04 Å². The zero-order valence-electron chi connectivity index (χ0n) is 10.4. The molecule has 0 bridgehead atoms. The smallest absolute Gasteiger partial charge is 0.243 e. The molecular formula is C11H16N4O3. The molecule has 0 saturated carbocycles. The predicted molar refractivity (Wildman–Crippen MR) is 61.4 cm³/mol. The first-order valence-corrected chi connectivity index (χ1v) is 5.92. The van der Waals surface area contributed by atoms with E-state index in [0.29, 0.717) is 18.9 Å². The quantitative estimate of drug-likeness (QED) is 0.787. The van der Waals surface area contributed by atoms with Crippen molar-refractivity contribution in [3.05, 3.63) is 12.2 Å². The highest BCUT2D eigenvalue weighted by Crippen LogP contribution is 2.15. The second-order valence-corrected chi connectivity index (χ2v) is 4.58. The van der Waals surface area contributed by atoms with Gasteiger partial charge < -0.3 is 14.7 Å². The molecule has 2 rings (SSSR count). The Morgan fingerprint density at radius 1 is 1.56 bits per heavy atom. The van der Waals surface area contributed by atoms with E-state index in [1.807, 2.05) is 13.8 Å². The van der Waals surface area contributed by atoms with Gasteiger partial charge in [0.25, 0.3) is 0 Å². The summed E-state index contributed by atoms with van der Waals surface area (Å²) in [6.45, 7) is 4.31. The van der Waals surface area contributed by atoms with E-state index in [2.05, 4.69) is 15.5 Å². The lowest BCUT2D eigenvalue weighted by Crippen LogP contribution is -2.60. The highest BCUT2D eigenvalue weighted by atomic mass is 16.5. The fraction of sp³-hybridized carbons (Fsp3) is 0.636. The third-order valence-corrected chi connectivity index (χ3v) is 2.94. The summed E-state index contributed by atoms with van der Waals surface area (Å²) in [5, 5.41) is 6.11. The van der Waals surface area contributed by atoms with Crippen molar-refractivity contribution < 1.29 is 14.1 Å². The van der Waals surface area contributed by atoms with Gasteiger partial charge in [-0.15, -0.1) is 0 Å². The van der Waals surface area contributed by atoms with Crippen LogP contribution in [0, 0.1) is 5.92 Å². The zero-order chi connectivity index (χ0) is 13.1. The number of nitrogens with zero attached hydrogens (tertiary/aromatic N) is 3. The van der Waals surface area contributed by atoms with Gasteiger partial charge in [-0.3, -0.25) is 9.59 Å². The molecule has 7 heteroatoms. The Morgan fingerprint density at radius 2 is 2.33 bits per heavy atom. The number of rotatable bonds is 4. The lowest BCUT2D eigenvalue weighted by molar-refractivity contribution is -0.147. The van der Waals surface area contributed by atoms with Gasteiger partial charge in [0, 0.05) is 13.0 Å². The topological polar surface area (TPSA) is 88.3 Å². The summed E-state index contributed by atoms with van der Waals surface area (Å²) < 4.78 is 4.88. The van der Waals surface area contributed by atoms with E-state index in [-0.39, 0.29) is 24.3 Å². The molecule has 0 radical (unpaired) electrons. The first-order valence-electron chi connectivity index (χ1n) is 5.92. The summed E-state index contributed by atoms with van der Waals surface area (Å²) in [6.07, 6.45) is 1.78. The largest absolute Gasteiger partial charge is 0.345 e. The molecule has 0 spiro atoms. The van der Waals surface area contributed by atoms with E-state index in [1.165, 1.54) is 6.33 Å². The maximum absolute atomic E-state index is 11.9. The van der Waals surface area contributed by atoms with Crippen molar-refractivity contribution in [1.82, 2.24) is 20.4 Å². The van der Waals surface area contributed by atoms with Crippen molar-refractivity contribution in [3.8, 4) is 0 Å². The van der Waals surface area contributed by atoms with Gasteiger partial charge in [-0.1, -0.05) is 19.0 Å². The SMILES string of the molecule is CC(C)C1C(=O)NCC(=O)N1CCc1ncno1. The Morgan fingerprint density at radius 3 is 2.94 bits per heavy atom. The van der Waals surface area contributed by atoms with Crippen LogP contribution in [0.25, 0.3) is 0 Å². The molecule has 1 N–H and O–H groups in total. The van der Waals surface area contributed by atoms with Crippen LogP contribution in [0.4, 0.5) is 0 Å². The molecule has 98 valence electrons. The molecule has 1 aliphatic rings. The van der Waals surface area contributed by atoms with Crippen molar-refractivity contribution in [3.63, 3.8) is 0 Å². The average molecular weight is 252 g/mol. The third kappa shape index (κ3) is 2.49. The van der Waals surface area contributed by atoms with Crippen molar-refractivity contribution in [2.24, 2.45) is 5.92 Å². The van der Waals surface area contributed by atoms with Gasteiger partial charge >= 0.3 is 0 Å². The summed E-state index contributed by atoms with van der Waals surface area (Å²) in [5.41, 5.74) is 0. The molecule has 2 amide bonds. The van der Waals surface area contributed by atoms with Crippen LogP contribution in [0.1, 0.15) is 19.7 Å². The second-order valence-electron chi connectivity index (χ2n) is 4.58. The van der Waals surface area contributed by atoms with Crippen LogP contribution in [0.2, 0.25) is 0 Å². The summed E-state index contributed by atoms with van der Waals surface area (Å²) in [7, 11) is 0. The van der Waals surface area contributed by atoms with Crippen molar-refractivity contribution in [2.75, 3.05) is 13.1 Å². The van der Waals surface area contributed by atoms with Crippen LogP contribution >= 0.6 is 0 Å². The van der Waals surface area contributed by atoms with E-state index in [4.69, 9.17) is 4.52 Å². The fourth-order valence-corrected chi connectivity index (χ4v) is 2.11. The van der Waals surface area contributed by atoms with Gasteiger partial charge in [-0.2, -0.15) is 4.98 Å². The highest BCUT2D eigenvalue weighted by Gasteiger charge is 2.36. The third-order valence-electron chi connectivity index (χ3n) is 2.94. The number of hydrogen-bond acceptors (Lipinski definition) is 5. The first kappa shape index (κ1) is 12.5. The minimum Gasteiger partial charge on any atom is -0.345 e. The standard InChI is InChI=1S/C11H16N4O3/c1-7(2)10-11(17)12-5-9(16)15(10)4-3-8-13-6-14-18-8/h6-7,10H,3-5H2,1-2H3,(H,12,17). The number of carbonyl (C=O) groups is 2. The van der Waals surface area contributed by atoms with Gasteiger partial charge in [-0.25, -0.2) is 0 Å². The maximum Gasteiger partial charge on any atom is 0.243 e. The fourth-order valence-electron chi connectivity index (χ4n) is 2.11. The van der Waals surface area contributed by atoms with Crippen molar-refractivity contribution in [2.45, 2.75) is 26.3 Å². The summed E-state index contributed by atoms with van der Waals surface area (Å²) in [5.74, 6) is 0.358. The van der Waals surface area contributed by atoms with Crippen LogP contribution in [0.15, 0.2) is 10.9 Å². The van der Waals surface area contributed by atoms with Crippen LogP contribution < -0.4 is 5.32 Å². The summed E-state index contributed by atoms with van der Waals surface area (Å²) in [6, 6.07) is -0.422. The number of nitrogens with one attached hydrogen (secondary N) is 1. The van der Waals surface area contributed by atoms with E-state index in [1.54, 1.807) is 4.90 Å². The van der Waals surface area contributed by atoms with Crippen LogP contribution in [-0.2, 0) is 16.0 Å². The van der Waals surface area contributed by atoms with E-state index in [9.17, 15) is 9.59 Å². The molecule has 0 aliphatic carbocycles. The molecule has 1 atom stereocenters. The molecule has 1 unspecified atom stereocenters. The molecule has 1 aliphatic heterocycles. The van der Waals surface area contributed by atoms with E-state index < -0.39 is 6.04 Å². The molecule has 1 aromatic heterocycles. The van der Waals surface area contributed by atoms with Crippen molar-refractivity contribution in [1.29, 1.82) is 0 Å². The van der Waals surface area contributed by atoms with Crippen molar-refractivity contribution >= 4 is 11.8 Å². The number of hydrogen-bond donors (Lipinski definition) is 1. The Kier molecular flexibility index (Phi) is 3.59. The summed E-state index contributed by atoms with van der Waals surface area (Å²) in [4.78, 5) is 29.1. The van der Waals surface area contributed by atoms with E-state index >= 15 is 0 Å².